The standard InChI is InChI=1S/C10H13NO3S/c1-2-10(7-15-10)6-9(13)14-8(12)4-3-5-11/h2,5,11H,1,3-4,6-7H2. The molecule has 5 heteroatoms. The third-order valence-electron chi connectivity index (χ3n) is 2.05. The predicted molar refractivity (Wildman–Crippen MR) is 59.1 cm³/mol. The summed E-state index contributed by atoms with van der Waals surface area (Å²) < 4.78 is 4.39. The summed E-state index contributed by atoms with van der Waals surface area (Å²) in [6, 6.07) is 0. The van der Waals surface area contributed by atoms with Crippen LogP contribution in [0.1, 0.15) is 19.3 Å². The summed E-state index contributed by atoms with van der Waals surface area (Å²) in [4.78, 5) is 22.3. The van der Waals surface area contributed by atoms with Crippen molar-refractivity contribution < 1.29 is 14.3 Å². The molecule has 0 spiro atoms. The highest BCUT2D eigenvalue weighted by Gasteiger charge is 2.43. The van der Waals surface area contributed by atoms with E-state index in [0.717, 1.165) is 12.0 Å². The zero-order chi connectivity index (χ0) is 11.3. The Labute approximate surface area is 92.6 Å². The van der Waals surface area contributed by atoms with Crippen LogP contribution in [0, 0.1) is 5.41 Å². The smallest absolute Gasteiger partial charge is 0.315 e. The number of hydrogen-bond acceptors (Lipinski definition) is 5. The third kappa shape index (κ3) is 3.87. The van der Waals surface area contributed by atoms with Crippen LogP contribution in [0.3, 0.4) is 0 Å². The zero-order valence-electron chi connectivity index (χ0n) is 8.32. The molecule has 1 saturated heterocycles. The minimum atomic E-state index is -0.562. The molecule has 0 aromatic heterocycles. The number of carbonyl (C=O) groups excluding carboxylic acids is 2. The summed E-state index contributed by atoms with van der Waals surface area (Å²) in [6.45, 7) is 3.63. The molecule has 0 bridgehead atoms. The Hall–Kier alpha value is -1.10. The highest BCUT2D eigenvalue weighted by molar-refractivity contribution is 8.08. The number of thioether (sulfide) groups is 1. The number of hydrogen-bond donors (Lipinski definition) is 1. The molecule has 0 radical (unpaired) electrons. The van der Waals surface area contributed by atoms with E-state index in [0.29, 0.717) is 6.42 Å². The maximum absolute atomic E-state index is 11.3. The van der Waals surface area contributed by atoms with Crippen LogP contribution >= 0.6 is 11.8 Å². The summed E-state index contributed by atoms with van der Waals surface area (Å²) >= 11 is 1.62. The van der Waals surface area contributed by atoms with Crippen LogP contribution in [0.15, 0.2) is 12.7 Å². The summed E-state index contributed by atoms with van der Waals surface area (Å²) in [6.07, 6.45) is 3.45. The van der Waals surface area contributed by atoms with Crippen molar-refractivity contribution in [1.82, 2.24) is 0 Å². The van der Waals surface area contributed by atoms with E-state index in [1.807, 2.05) is 0 Å². The van der Waals surface area contributed by atoms with E-state index in [9.17, 15) is 9.59 Å². The van der Waals surface area contributed by atoms with Gasteiger partial charge in [0.15, 0.2) is 0 Å². The van der Waals surface area contributed by atoms with Gasteiger partial charge in [-0.25, -0.2) is 0 Å². The lowest BCUT2D eigenvalue weighted by molar-refractivity contribution is -0.159. The van der Waals surface area contributed by atoms with Gasteiger partial charge in [0.2, 0.25) is 0 Å². The Kier molecular flexibility index (Phi) is 4.08. The second-order valence-electron chi connectivity index (χ2n) is 3.32. The van der Waals surface area contributed by atoms with Crippen molar-refractivity contribution in [3.63, 3.8) is 0 Å². The van der Waals surface area contributed by atoms with Crippen molar-refractivity contribution in [2.75, 3.05) is 5.75 Å². The lowest BCUT2D eigenvalue weighted by atomic mass is 10.1. The van der Waals surface area contributed by atoms with Crippen molar-refractivity contribution in [2.24, 2.45) is 0 Å². The first-order valence-corrected chi connectivity index (χ1v) is 5.60. The van der Waals surface area contributed by atoms with Gasteiger partial charge in [-0.1, -0.05) is 6.08 Å². The average Bonchev–Trinajstić information content (AvgIpc) is 2.95. The van der Waals surface area contributed by atoms with Crippen LogP contribution in [0.4, 0.5) is 0 Å². The fourth-order valence-corrected chi connectivity index (χ4v) is 1.78. The first-order chi connectivity index (χ1) is 7.12. The van der Waals surface area contributed by atoms with Crippen LogP contribution in [0.5, 0.6) is 0 Å². The van der Waals surface area contributed by atoms with E-state index in [4.69, 9.17) is 5.41 Å². The second kappa shape index (κ2) is 5.11. The molecular formula is C10H13NO3S. The molecule has 1 atom stereocenters. The second-order valence-corrected chi connectivity index (χ2v) is 4.71. The van der Waals surface area contributed by atoms with Crippen molar-refractivity contribution in [1.29, 1.82) is 5.41 Å². The van der Waals surface area contributed by atoms with E-state index >= 15 is 0 Å². The van der Waals surface area contributed by atoms with Crippen LogP contribution in [0.2, 0.25) is 0 Å². The van der Waals surface area contributed by atoms with E-state index < -0.39 is 11.9 Å². The summed E-state index contributed by atoms with van der Waals surface area (Å²) in [5, 5.41) is 6.73. The van der Waals surface area contributed by atoms with Gasteiger partial charge in [-0.3, -0.25) is 9.59 Å². The Morgan fingerprint density at radius 1 is 1.53 bits per heavy atom. The SMILES string of the molecule is C=CC1(CC(=O)OC(=O)CCC=N)CS1. The molecule has 1 rings (SSSR count). The molecule has 1 heterocycles. The van der Waals surface area contributed by atoms with E-state index in [1.54, 1.807) is 17.8 Å². The molecule has 0 saturated carbocycles. The lowest BCUT2D eigenvalue weighted by Crippen LogP contribution is -2.18. The number of ether oxygens (including phenoxy) is 1. The monoisotopic (exact) mass is 227 g/mol. The van der Waals surface area contributed by atoms with Gasteiger partial charge in [0.1, 0.15) is 0 Å². The van der Waals surface area contributed by atoms with Crippen molar-refractivity contribution in [2.45, 2.75) is 24.0 Å². The molecule has 82 valence electrons. The highest BCUT2D eigenvalue weighted by Crippen LogP contribution is 2.48. The Morgan fingerprint density at radius 2 is 2.20 bits per heavy atom. The summed E-state index contributed by atoms with van der Waals surface area (Å²) in [5.41, 5.74) is 0. The molecule has 0 amide bonds. The average molecular weight is 227 g/mol. The van der Waals surface area contributed by atoms with Crippen LogP contribution in [-0.4, -0.2) is 28.7 Å². The number of carbonyl (C=O) groups is 2. The van der Waals surface area contributed by atoms with Gasteiger partial charge in [-0.2, -0.15) is 0 Å². The molecule has 1 fully saturated rings. The van der Waals surface area contributed by atoms with E-state index in [2.05, 4.69) is 11.3 Å². The molecule has 0 aromatic rings. The molecule has 1 aliphatic heterocycles. The van der Waals surface area contributed by atoms with Crippen LogP contribution in [0.25, 0.3) is 0 Å². The van der Waals surface area contributed by atoms with Crippen LogP contribution in [-0.2, 0) is 14.3 Å². The molecule has 4 nitrogen and oxygen atoms in total. The Bertz CT molecular complexity index is 297. The molecule has 1 N–H and O–H groups in total. The summed E-state index contributed by atoms with van der Waals surface area (Å²) in [7, 11) is 0. The van der Waals surface area contributed by atoms with Crippen LogP contribution < -0.4 is 0 Å². The van der Waals surface area contributed by atoms with Crippen molar-refractivity contribution in [3.8, 4) is 0 Å². The first-order valence-electron chi connectivity index (χ1n) is 4.62. The first kappa shape index (κ1) is 12.0. The topological polar surface area (TPSA) is 67.2 Å². The minimum absolute atomic E-state index is 0.0868. The number of esters is 2. The Morgan fingerprint density at radius 3 is 2.67 bits per heavy atom. The fourth-order valence-electron chi connectivity index (χ4n) is 1.03. The van der Waals surface area contributed by atoms with Gasteiger partial charge in [0.25, 0.3) is 0 Å². The largest absolute Gasteiger partial charge is 0.393 e. The van der Waals surface area contributed by atoms with Gasteiger partial charge in [-0.15, -0.1) is 18.3 Å². The quantitative estimate of drug-likeness (QED) is 0.246. The lowest BCUT2D eigenvalue weighted by Gasteiger charge is -2.06. The van der Waals surface area contributed by atoms with Crippen molar-refractivity contribution in [3.05, 3.63) is 12.7 Å². The fraction of sp³-hybridized carbons (Fsp3) is 0.500. The maximum atomic E-state index is 11.3. The van der Waals surface area contributed by atoms with Gasteiger partial charge in [0.05, 0.1) is 17.6 Å². The molecular weight excluding hydrogens is 214 g/mol. The maximum Gasteiger partial charge on any atom is 0.315 e. The van der Waals surface area contributed by atoms with Gasteiger partial charge < -0.3 is 10.1 Å². The Balaban J connectivity index is 2.26. The van der Waals surface area contributed by atoms with E-state index in [1.165, 1.54) is 0 Å². The number of rotatable bonds is 6. The molecule has 15 heavy (non-hydrogen) atoms. The minimum Gasteiger partial charge on any atom is -0.393 e. The third-order valence-corrected chi connectivity index (χ3v) is 3.39. The van der Waals surface area contributed by atoms with Gasteiger partial charge in [-0.05, 0) is 12.6 Å². The highest BCUT2D eigenvalue weighted by atomic mass is 32.2. The molecule has 1 unspecified atom stereocenters. The normalized spacial score (nSPS) is 22.9. The zero-order valence-corrected chi connectivity index (χ0v) is 9.14. The van der Waals surface area contributed by atoms with Crippen molar-refractivity contribution >= 4 is 29.9 Å². The molecule has 0 aliphatic carbocycles. The predicted octanol–water partition coefficient (Wildman–Crippen LogP) is 1.55. The van der Waals surface area contributed by atoms with E-state index in [-0.39, 0.29) is 17.6 Å². The number of nitrogens with one attached hydrogen (secondary N) is 1. The summed E-state index contributed by atoms with van der Waals surface area (Å²) in [5.74, 6) is -0.205. The molecule has 1 aliphatic rings. The van der Waals surface area contributed by atoms with Gasteiger partial charge >= 0.3 is 11.9 Å². The molecule has 0 aromatic carbocycles. The van der Waals surface area contributed by atoms with Gasteiger partial charge in [0, 0.05) is 5.75 Å².